The van der Waals surface area contributed by atoms with Crippen molar-refractivity contribution in [3.8, 4) is 29.0 Å². The molecule has 0 saturated heterocycles. The Kier molecular flexibility index (Phi) is 6.66. The van der Waals surface area contributed by atoms with Crippen LogP contribution >= 0.6 is 0 Å². The first kappa shape index (κ1) is 21.4. The van der Waals surface area contributed by atoms with Gasteiger partial charge in [0.1, 0.15) is 5.82 Å². The number of carbonyl (C=O) groups is 1. The second-order valence-corrected chi connectivity index (χ2v) is 7.53. The van der Waals surface area contributed by atoms with Crippen molar-refractivity contribution in [2.24, 2.45) is 0 Å². The van der Waals surface area contributed by atoms with Gasteiger partial charge in [0, 0.05) is 30.3 Å². The Morgan fingerprint density at radius 3 is 2.88 bits per heavy atom. The first-order chi connectivity index (χ1) is 15.7. The summed E-state index contributed by atoms with van der Waals surface area (Å²) in [4.78, 5) is 12.5. The van der Waals surface area contributed by atoms with Crippen LogP contribution in [0.1, 0.15) is 37.6 Å². The van der Waals surface area contributed by atoms with E-state index in [0.29, 0.717) is 29.4 Å². The summed E-state index contributed by atoms with van der Waals surface area (Å²) < 4.78 is 13.3. The van der Waals surface area contributed by atoms with Crippen LogP contribution in [0.5, 0.6) is 11.5 Å². The van der Waals surface area contributed by atoms with E-state index in [1.54, 1.807) is 18.2 Å². The summed E-state index contributed by atoms with van der Waals surface area (Å²) in [6.07, 6.45) is 4.40. The Labute approximate surface area is 186 Å². The maximum absolute atomic E-state index is 12.5. The van der Waals surface area contributed by atoms with Gasteiger partial charge >= 0.3 is 0 Å². The number of nitriles is 1. The lowest BCUT2D eigenvalue weighted by Gasteiger charge is -2.13. The third kappa shape index (κ3) is 4.89. The van der Waals surface area contributed by atoms with E-state index in [-0.39, 0.29) is 12.5 Å². The summed E-state index contributed by atoms with van der Waals surface area (Å²) in [7, 11) is 0. The van der Waals surface area contributed by atoms with Crippen LogP contribution in [0.4, 0.5) is 5.69 Å². The van der Waals surface area contributed by atoms with Crippen molar-refractivity contribution in [1.29, 1.82) is 5.26 Å². The smallest absolute Gasteiger partial charge is 0.262 e. The number of aromatic nitrogens is 3. The van der Waals surface area contributed by atoms with Crippen LogP contribution in [0.2, 0.25) is 0 Å². The summed E-state index contributed by atoms with van der Waals surface area (Å²) in [5.74, 6) is 2.41. The fraction of sp³-hybridized carbons (Fsp3) is 0.333. The topological polar surface area (TPSA) is 102 Å². The van der Waals surface area contributed by atoms with Gasteiger partial charge in [-0.05, 0) is 44.0 Å². The minimum absolute atomic E-state index is 0.184. The van der Waals surface area contributed by atoms with E-state index >= 15 is 0 Å². The van der Waals surface area contributed by atoms with Gasteiger partial charge in [0.15, 0.2) is 23.9 Å². The lowest BCUT2D eigenvalue weighted by molar-refractivity contribution is -0.118. The molecular weight excluding hydrogens is 406 g/mol. The molecule has 1 amide bonds. The number of carbonyl (C=O) groups excluding carboxylic acids is 1. The molecule has 0 fully saturated rings. The zero-order valence-corrected chi connectivity index (χ0v) is 18.0. The second kappa shape index (κ2) is 9.96. The maximum atomic E-state index is 12.5. The summed E-state index contributed by atoms with van der Waals surface area (Å²) >= 11 is 0. The largest absolute Gasteiger partial charge is 0.490 e. The molecule has 0 saturated carbocycles. The molecule has 0 radical (unpaired) electrons. The summed E-state index contributed by atoms with van der Waals surface area (Å²) in [5, 5.41) is 20.7. The van der Waals surface area contributed by atoms with Crippen molar-refractivity contribution in [3.63, 3.8) is 0 Å². The van der Waals surface area contributed by atoms with E-state index in [1.165, 1.54) is 6.42 Å². The molecule has 164 valence electrons. The minimum Gasteiger partial charge on any atom is -0.490 e. The summed E-state index contributed by atoms with van der Waals surface area (Å²) in [5.41, 5.74) is 2.04. The number of hydrogen-bond donors (Lipinski definition) is 1. The second-order valence-electron chi connectivity index (χ2n) is 7.53. The van der Waals surface area contributed by atoms with Crippen molar-refractivity contribution in [2.75, 3.05) is 18.5 Å². The number of hydrogen-bond acceptors (Lipinski definition) is 6. The van der Waals surface area contributed by atoms with E-state index in [9.17, 15) is 4.79 Å². The third-order valence-corrected chi connectivity index (χ3v) is 5.25. The lowest BCUT2D eigenvalue weighted by Crippen LogP contribution is -2.20. The molecule has 1 aliphatic heterocycles. The SMILES string of the molecule is CCOc1cc(C#N)ccc1OCC(=O)Nc1cccc(-c2nnc3n2CCCCC3)c1. The molecule has 1 N–H and O–H groups in total. The van der Waals surface area contributed by atoms with Gasteiger partial charge in [-0.3, -0.25) is 4.79 Å². The number of rotatable bonds is 7. The molecule has 2 aromatic carbocycles. The van der Waals surface area contributed by atoms with E-state index in [4.69, 9.17) is 14.7 Å². The molecule has 1 aliphatic rings. The Morgan fingerprint density at radius 1 is 1.12 bits per heavy atom. The van der Waals surface area contributed by atoms with Gasteiger partial charge in [-0.15, -0.1) is 10.2 Å². The number of fused-ring (bicyclic) bond motifs is 1. The number of nitrogens with zero attached hydrogens (tertiary/aromatic N) is 4. The van der Waals surface area contributed by atoms with E-state index in [1.807, 2.05) is 31.2 Å². The Hall–Kier alpha value is -3.86. The van der Waals surface area contributed by atoms with Gasteiger partial charge in [-0.25, -0.2) is 0 Å². The minimum atomic E-state index is -0.297. The number of amides is 1. The van der Waals surface area contributed by atoms with Crippen LogP contribution in [-0.2, 0) is 17.8 Å². The van der Waals surface area contributed by atoms with Gasteiger partial charge in [0.25, 0.3) is 5.91 Å². The van der Waals surface area contributed by atoms with Gasteiger partial charge in [-0.2, -0.15) is 5.26 Å². The number of benzene rings is 2. The molecule has 8 heteroatoms. The molecule has 0 aliphatic carbocycles. The fourth-order valence-electron chi connectivity index (χ4n) is 3.74. The van der Waals surface area contributed by atoms with Crippen LogP contribution in [0, 0.1) is 11.3 Å². The van der Waals surface area contributed by atoms with Crippen molar-refractivity contribution < 1.29 is 14.3 Å². The predicted molar refractivity (Wildman–Crippen MR) is 119 cm³/mol. The van der Waals surface area contributed by atoms with Crippen molar-refractivity contribution in [2.45, 2.75) is 39.2 Å². The molecular formula is C24H25N5O3. The summed E-state index contributed by atoms with van der Waals surface area (Å²) in [6, 6.07) is 14.5. The van der Waals surface area contributed by atoms with Gasteiger partial charge in [0.05, 0.1) is 18.2 Å². The molecule has 0 spiro atoms. The molecule has 0 unspecified atom stereocenters. The van der Waals surface area contributed by atoms with Crippen molar-refractivity contribution >= 4 is 11.6 Å². The normalized spacial score (nSPS) is 12.9. The lowest BCUT2D eigenvalue weighted by atomic mass is 10.2. The van der Waals surface area contributed by atoms with Gasteiger partial charge in [-0.1, -0.05) is 18.6 Å². The number of anilines is 1. The monoisotopic (exact) mass is 431 g/mol. The number of nitrogens with one attached hydrogen (secondary N) is 1. The van der Waals surface area contributed by atoms with Crippen molar-refractivity contribution in [3.05, 3.63) is 53.9 Å². The van der Waals surface area contributed by atoms with Crippen LogP contribution in [0.25, 0.3) is 11.4 Å². The molecule has 3 aromatic rings. The zero-order valence-electron chi connectivity index (χ0n) is 18.0. The van der Waals surface area contributed by atoms with Crippen LogP contribution < -0.4 is 14.8 Å². The summed E-state index contributed by atoms with van der Waals surface area (Å²) in [6.45, 7) is 3.00. The highest BCUT2D eigenvalue weighted by molar-refractivity contribution is 5.92. The van der Waals surface area contributed by atoms with Crippen LogP contribution in [0.3, 0.4) is 0 Å². The van der Waals surface area contributed by atoms with E-state index < -0.39 is 0 Å². The molecule has 0 atom stereocenters. The average molecular weight is 431 g/mol. The fourth-order valence-corrected chi connectivity index (χ4v) is 3.74. The van der Waals surface area contributed by atoms with Gasteiger partial charge in [0.2, 0.25) is 0 Å². The zero-order chi connectivity index (χ0) is 22.3. The Balaban J connectivity index is 1.43. The highest BCUT2D eigenvalue weighted by Crippen LogP contribution is 2.28. The standard InChI is InChI=1S/C24H25N5O3/c1-2-31-21-13-17(15-25)10-11-20(21)32-16-23(30)26-19-8-6-7-18(14-19)24-28-27-22-9-4-3-5-12-29(22)24/h6-8,10-11,13-14H,2-5,9,12,16H2,1H3,(H,26,30). The Morgan fingerprint density at radius 2 is 2.03 bits per heavy atom. The molecule has 4 rings (SSSR count). The maximum Gasteiger partial charge on any atom is 0.262 e. The molecule has 2 heterocycles. The average Bonchev–Trinajstić information content (AvgIpc) is 3.06. The van der Waals surface area contributed by atoms with Crippen LogP contribution in [-0.4, -0.2) is 33.9 Å². The number of ether oxygens (including phenoxy) is 2. The highest BCUT2D eigenvalue weighted by Gasteiger charge is 2.16. The molecule has 1 aromatic heterocycles. The molecule has 8 nitrogen and oxygen atoms in total. The first-order valence-corrected chi connectivity index (χ1v) is 10.8. The van der Waals surface area contributed by atoms with E-state index in [0.717, 1.165) is 43.0 Å². The van der Waals surface area contributed by atoms with Crippen LogP contribution in [0.15, 0.2) is 42.5 Å². The Bertz CT molecular complexity index is 1150. The highest BCUT2D eigenvalue weighted by atomic mass is 16.5. The van der Waals surface area contributed by atoms with Crippen molar-refractivity contribution in [1.82, 2.24) is 14.8 Å². The molecule has 32 heavy (non-hydrogen) atoms. The first-order valence-electron chi connectivity index (χ1n) is 10.8. The molecule has 0 bridgehead atoms. The van der Waals surface area contributed by atoms with Gasteiger partial charge < -0.3 is 19.4 Å². The van der Waals surface area contributed by atoms with E-state index in [2.05, 4.69) is 26.2 Å². The number of aryl methyl sites for hydroxylation is 1. The third-order valence-electron chi connectivity index (χ3n) is 5.25. The quantitative estimate of drug-likeness (QED) is 0.608. The predicted octanol–water partition coefficient (Wildman–Crippen LogP) is 3.96.